The molecule has 0 aliphatic rings. The SMILES string of the molecule is CC(C)C[C@@H](N)C(=O)NCc1ccccc1Br. The van der Waals surface area contributed by atoms with Gasteiger partial charge in [-0.3, -0.25) is 4.79 Å². The van der Waals surface area contributed by atoms with Gasteiger partial charge in [-0.05, 0) is 24.0 Å². The lowest BCUT2D eigenvalue weighted by atomic mass is 10.0. The molecule has 0 aromatic heterocycles. The van der Waals surface area contributed by atoms with Gasteiger partial charge in [0.15, 0.2) is 0 Å². The average Bonchev–Trinajstić information content (AvgIpc) is 2.26. The molecule has 1 aromatic rings. The fourth-order valence-electron chi connectivity index (χ4n) is 1.57. The van der Waals surface area contributed by atoms with Crippen molar-refractivity contribution in [2.75, 3.05) is 0 Å². The number of rotatable bonds is 5. The van der Waals surface area contributed by atoms with Gasteiger partial charge in [0.1, 0.15) is 0 Å². The summed E-state index contributed by atoms with van der Waals surface area (Å²) < 4.78 is 0.998. The Morgan fingerprint density at radius 1 is 1.41 bits per heavy atom. The second kappa shape index (κ2) is 6.77. The van der Waals surface area contributed by atoms with E-state index in [1.807, 2.05) is 24.3 Å². The number of carbonyl (C=O) groups is 1. The molecule has 1 atom stereocenters. The lowest BCUT2D eigenvalue weighted by molar-refractivity contribution is -0.122. The predicted molar refractivity (Wildman–Crippen MR) is 73.4 cm³/mol. The van der Waals surface area contributed by atoms with Gasteiger partial charge in [0.25, 0.3) is 0 Å². The van der Waals surface area contributed by atoms with Crippen molar-refractivity contribution in [3.05, 3.63) is 34.3 Å². The van der Waals surface area contributed by atoms with Crippen LogP contribution in [0.3, 0.4) is 0 Å². The fraction of sp³-hybridized carbons (Fsp3) is 0.462. The van der Waals surface area contributed by atoms with Crippen LogP contribution in [0.1, 0.15) is 25.8 Å². The zero-order chi connectivity index (χ0) is 12.8. The lowest BCUT2D eigenvalue weighted by Crippen LogP contribution is -2.41. The summed E-state index contributed by atoms with van der Waals surface area (Å²) in [6.07, 6.45) is 0.710. The highest BCUT2D eigenvalue weighted by Gasteiger charge is 2.14. The van der Waals surface area contributed by atoms with E-state index in [2.05, 4.69) is 35.1 Å². The summed E-state index contributed by atoms with van der Waals surface area (Å²) in [6, 6.07) is 7.39. The van der Waals surface area contributed by atoms with Crippen LogP contribution in [0.4, 0.5) is 0 Å². The minimum Gasteiger partial charge on any atom is -0.351 e. The molecule has 0 heterocycles. The van der Waals surface area contributed by atoms with Crippen molar-refractivity contribution in [3.8, 4) is 0 Å². The maximum Gasteiger partial charge on any atom is 0.237 e. The van der Waals surface area contributed by atoms with Crippen molar-refractivity contribution in [2.45, 2.75) is 32.9 Å². The van der Waals surface area contributed by atoms with E-state index in [0.717, 1.165) is 10.0 Å². The van der Waals surface area contributed by atoms with Gasteiger partial charge in [0, 0.05) is 11.0 Å². The summed E-state index contributed by atoms with van der Waals surface area (Å²) in [4.78, 5) is 11.7. The number of hydrogen-bond acceptors (Lipinski definition) is 2. The molecular formula is C13H19BrN2O. The van der Waals surface area contributed by atoms with Gasteiger partial charge in [-0.1, -0.05) is 48.0 Å². The highest BCUT2D eigenvalue weighted by molar-refractivity contribution is 9.10. The van der Waals surface area contributed by atoms with E-state index >= 15 is 0 Å². The molecule has 4 heteroatoms. The maximum atomic E-state index is 11.7. The zero-order valence-electron chi connectivity index (χ0n) is 10.2. The molecule has 0 fully saturated rings. The molecule has 0 bridgehead atoms. The molecule has 17 heavy (non-hydrogen) atoms. The Kier molecular flexibility index (Phi) is 5.65. The van der Waals surface area contributed by atoms with Gasteiger partial charge in [0.05, 0.1) is 6.04 Å². The molecule has 0 saturated heterocycles. The number of halogens is 1. The van der Waals surface area contributed by atoms with Crippen LogP contribution >= 0.6 is 15.9 Å². The quantitative estimate of drug-likeness (QED) is 0.877. The van der Waals surface area contributed by atoms with Crippen molar-refractivity contribution in [1.82, 2.24) is 5.32 Å². The molecule has 0 spiro atoms. The minimum atomic E-state index is -0.419. The Bertz CT molecular complexity index is 379. The topological polar surface area (TPSA) is 55.1 Å². The smallest absolute Gasteiger partial charge is 0.237 e. The highest BCUT2D eigenvalue weighted by atomic mass is 79.9. The molecule has 3 nitrogen and oxygen atoms in total. The standard InChI is InChI=1S/C13H19BrN2O/c1-9(2)7-12(15)13(17)16-8-10-5-3-4-6-11(10)14/h3-6,9,12H,7-8,15H2,1-2H3,(H,16,17)/t12-/m1/s1. The second-order valence-electron chi connectivity index (χ2n) is 4.55. The van der Waals surface area contributed by atoms with Gasteiger partial charge < -0.3 is 11.1 Å². The molecule has 3 N–H and O–H groups in total. The van der Waals surface area contributed by atoms with Gasteiger partial charge in [-0.25, -0.2) is 0 Å². The zero-order valence-corrected chi connectivity index (χ0v) is 11.8. The van der Waals surface area contributed by atoms with E-state index in [-0.39, 0.29) is 5.91 Å². The number of nitrogens with one attached hydrogen (secondary N) is 1. The van der Waals surface area contributed by atoms with Crippen molar-refractivity contribution < 1.29 is 4.79 Å². The monoisotopic (exact) mass is 298 g/mol. The Morgan fingerprint density at radius 3 is 2.65 bits per heavy atom. The Labute approximate surface area is 111 Å². The molecule has 0 aliphatic carbocycles. The van der Waals surface area contributed by atoms with E-state index in [1.54, 1.807) is 0 Å². The number of nitrogens with two attached hydrogens (primary N) is 1. The first kappa shape index (κ1) is 14.2. The third-order valence-electron chi connectivity index (χ3n) is 2.47. The normalized spacial score (nSPS) is 12.5. The largest absolute Gasteiger partial charge is 0.351 e. The molecular weight excluding hydrogens is 280 g/mol. The summed E-state index contributed by atoms with van der Waals surface area (Å²) in [6.45, 7) is 4.62. The van der Waals surface area contributed by atoms with E-state index in [1.165, 1.54) is 0 Å². The van der Waals surface area contributed by atoms with Crippen molar-refractivity contribution in [1.29, 1.82) is 0 Å². The van der Waals surface area contributed by atoms with Crippen LogP contribution in [0, 0.1) is 5.92 Å². The summed E-state index contributed by atoms with van der Waals surface area (Å²) in [7, 11) is 0. The van der Waals surface area contributed by atoms with Crippen LogP contribution in [0.15, 0.2) is 28.7 Å². The maximum absolute atomic E-state index is 11.7. The molecule has 0 unspecified atom stereocenters. The fourth-order valence-corrected chi connectivity index (χ4v) is 2.00. The summed E-state index contributed by atoms with van der Waals surface area (Å²) in [5.41, 5.74) is 6.85. The van der Waals surface area contributed by atoms with E-state index in [9.17, 15) is 4.79 Å². The van der Waals surface area contributed by atoms with Crippen molar-refractivity contribution in [3.63, 3.8) is 0 Å². The first-order valence-corrected chi connectivity index (χ1v) is 6.56. The Balaban J connectivity index is 2.46. The van der Waals surface area contributed by atoms with Gasteiger partial charge in [-0.15, -0.1) is 0 Å². The van der Waals surface area contributed by atoms with Crippen LogP contribution < -0.4 is 11.1 Å². The van der Waals surface area contributed by atoms with Crippen LogP contribution in [0.5, 0.6) is 0 Å². The van der Waals surface area contributed by atoms with Crippen LogP contribution in [-0.4, -0.2) is 11.9 Å². The number of benzene rings is 1. The number of amides is 1. The predicted octanol–water partition coefficient (Wildman–Crippen LogP) is 2.44. The van der Waals surface area contributed by atoms with Gasteiger partial charge in [0.2, 0.25) is 5.91 Å². The molecule has 1 aromatic carbocycles. The van der Waals surface area contributed by atoms with E-state index in [4.69, 9.17) is 5.73 Å². The third-order valence-corrected chi connectivity index (χ3v) is 3.25. The van der Waals surface area contributed by atoms with Crippen LogP contribution in [0.25, 0.3) is 0 Å². The average molecular weight is 299 g/mol. The highest BCUT2D eigenvalue weighted by Crippen LogP contribution is 2.15. The van der Waals surface area contributed by atoms with Crippen LogP contribution in [0.2, 0.25) is 0 Å². The molecule has 1 rings (SSSR count). The molecule has 94 valence electrons. The molecule has 0 saturated carbocycles. The third kappa shape index (κ3) is 4.88. The van der Waals surface area contributed by atoms with Crippen molar-refractivity contribution in [2.24, 2.45) is 11.7 Å². The molecule has 0 radical (unpaired) electrons. The number of hydrogen-bond donors (Lipinski definition) is 2. The van der Waals surface area contributed by atoms with E-state index in [0.29, 0.717) is 18.9 Å². The van der Waals surface area contributed by atoms with Crippen LogP contribution in [-0.2, 0) is 11.3 Å². The van der Waals surface area contributed by atoms with Gasteiger partial charge in [-0.2, -0.15) is 0 Å². The first-order chi connectivity index (χ1) is 8.00. The number of carbonyl (C=O) groups excluding carboxylic acids is 1. The minimum absolute atomic E-state index is 0.0885. The summed E-state index contributed by atoms with van der Waals surface area (Å²) in [5.74, 6) is 0.341. The van der Waals surface area contributed by atoms with Gasteiger partial charge >= 0.3 is 0 Å². The molecule has 0 aliphatic heterocycles. The Morgan fingerprint density at radius 2 is 2.06 bits per heavy atom. The molecule has 1 amide bonds. The lowest BCUT2D eigenvalue weighted by Gasteiger charge is -2.14. The summed E-state index contributed by atoms with van der Waals surface area (Å²) >= 11 is 3.44. The van der Waals surface area contributed by atoms with E-state index < -0.39 is 6.04 Å². The second-order valence-corrected chi connectivity index (χ2v) is 5.40. The summed E-state index contributed by atoms with van der Waals surface area (Å²) in [5, 5.41) is 2.85. The first-order valence-electron chi connectivity index (χ1n) is 5.77. The van der Waals surface area contributed by atoms with Crippen molar-refractivity contribution >= 4 is 21.8 Å². The Hall–Kier alpha value is -0.870.